The van der Waals surface area contributed by atoms with Gasteiger partial charge in [0.25, 0.3) is 0 Å². The fourth-order valence-corrected chi connectivity index (χ4v) is 0.411. The third kappa shape index (κ3) is 5.09. The van der Waals surface area contributed by atoms with Crippen molar-refractivity contribution in [3.05, 3.63) is 24.3 Å². The Labute approximate surface area is 61.2 Å². The van der Waals surface area contributed by atoms with Gasteiger partial charge in [0.1, 0.15) is 6.61 Å². The molecule has 0 aromatic rings. The summed E-state index contributed by atoms with van der Waals surface area (Å²) in [6.07, 6.45) is 6.66. The smallest absolute Gasteiger partial charge is 0.330 e. The first kappa shape index (κ1) is 8.95. The normalized spacial score (nSPS) is 11.0. The van der Waals surface area contributed by atoms with E-state index in [2.05, 4.69) is 0 Å². The van der Waals surface area contributed by atoms with E-state index in [1.165, 1.54) is 6.08 Å². The maximum atomic E-state index is 10.6. The number of allylic oxidation sites excluding steroid dienone is 2. The summed E-state index contributed by atoms with van der Waals surface area (Å²) in [5.41, 5.74) is 0. The van der Waals surface area contributed by atoms with E-state index in [1.54, 1.807) is 19.1 Å². The third-order valence-electron chi connectivity index (χ3n) is 0.860. The molecule has 2 nitrogen and oxygen atoms in total. The summed E-state index contributed by atoms with van der Waals surface area (Å²) in [7, 11) is 0. The molecule has 0 amide bonds. The molecule has 0 aliphatic carbocycles. The van der Waals surface area contributed by atoms with Gasteiger partial charge in [0.15, 0.2) is 0 Å². The average molecular weight is 140 g/mol. The van der Waals surface area contributed by atoms with Gasteiger partial charge in [0.05, 0.1) is 0 Å². The average Bonchev–Trinajstić information content (AvgIpc) is 1.89. The first-order valence-corrected chi connectivity index (χ1v) is 3.22. The van der Waals surface area contributed by atoms with Gasteiger partial charge in [-0.2, -0.15) is 0 Å². The van der Waals surface area contributed by atoms with Crippen molar-refractivity contribution < 1.29 is 9.53 Å². The highest BCUT2D eigenvalue weighted by Gasteiger charge is 1.90. The summed E-state index contributed by atoms with van der Waals surface area (Å²) in [6.45, 7) is 4.01. The molecule has 0 atom stereocenters. The Bertz CT molecular complexity index is 145. The number of hydrogen-bond donors (Lipinski definition) is 0. The van der Waals surface area contributed by atoms with E-state index >= 15 is 0 Å². The lowest BCUT2D eigenvalue weighted by Crippen LogP contribution is -1.99. The fourth-order valence-electron chi connectivity index (χ4n) is 0.411. The molecule has 56 valence electrons. The maximum absolute atomic E-state index is 10.6. The van der Waals surface area contributed by atoms with E-state index in [-0.39, 0.29) is 5.97 Å². The van der Waals surface area contributed by atoms with E-state index in [9.17, 15) is 4.79 Å². The maximum Gasteiger partial charge on any atom is 0.330 e. The molecule has 10 heavy (non-hydrogen) atoms. The number of carbonyl (C=O) groups excluding carboxylic acids is 1. The molecule has 2 heteroatoms. The summed E-state index contributed by atoms with van der Waals surface area (Å²) >= 11 is 0. The Morgan fingerprint density at radius 2 is 2.10 bits per heavy atom. The quantitative estimate of drug-likeness (QED) is 0.338. The van der Waals surface area contributed by atoms with E-state index in [1.807, 2.05) is 13.0 Å². The second kappa shape index (κ2) is 6.08. The molecule has 0 saturated carbocycles. The SMILES string of the molecule is CC=CCOC(=O)/C=C/C. The van der Waals surface area contributed by atoms with Crippen LogP contribution in [-0.2, 0) is 9.53 Å². The second-order valence-electron chi connectivity index (χ2n) is 1.70. The Morgan fingerprint density at radius 1 is 1.40 bits per heavy atom. The first-order chi connectivity index (χ1) is 4.81. The topological polar surface area (TPSA) is 26.3 Å². The Balaban J connectivity index is 3.40. The number of ether oxygens (including phenoxy) is 1. The minimum Gasteiger partial charge on any atom is -0.458 e. The summed E-state index contributed by atoms with van der Waals surface area (Å²) in [5.74, 6) is -0.291. The molecule has 0 N–H and O–H groups in total. The van der Waals surface area contributed by atoms with Crippen molar-refractivity contribution in [2.45, 2.75) is 13.8 Å². The summed E-state index contributed by atoms with van der Waals surface area (Å²) in [5, 5.41) is 0. The molecule has 0 aliphatic heterocycles. The Kier molecular flexibility index (Phi) is 5.44. The summed E-state index contributed by atoms with van der Waals surface area (Å²) in [4.78, 5) is 10.6. The van der Waals surface area contributed by atoms with Gasteiger partial charge in [0.2, 0.25) is 0 Å². The number of hydrogen-bond acceptors (Lipinski definition) is 2. The van der Waals surface area contributed by atoms with Crippen molar-refractivity contribution in [2.75, 3.05) is 6.61 Å². The molecule has 0 radical (unpaired) electrons. The van der Waals surface area contributed by atoms with Crippen LogP contribution in [0.3, 0.4) is 0 Å². The zero-order chi connectivity index (χ0) is 7.82. The van der Waals surface area contributed by atoms with Gasteiger partial charge in [-0.25, -0.2) is 4.79 Å². The van der Waals surface area contributed by atoms with E-state index < -0.39 is 0 Å². The van der Waals surface area contributed by atoms with Crippen molar-refractivity contribution in [1.82, 2.24) is 0 Å². The van der Waals surface area contributed by atoms with E-state index in [4.69, 9.17) is 4.74 Å². The predicted molar refractivity (Wildman–Crippen MR) is 40.6 cm³/mol. The molecule has 0 aromatic carbocycles. The van der Waals surface area contributed by atoms with Crippen molar-refractivity contribution in [2.24, 2.45) is 0 Å². The van der Waals surface area contributed by atoms with Crippen LogP contribution < -0.4 is 0 Å². The lowest BCUT2D eigenvalue weighted by molar-refractivity contribution is -0.136. The van der Waals surface area contributed by atoms with Crippen LogP contribution in [0.5, 0.6) is 0 Å². The molecule has 0 saturated heterocycles. The largest absolute Gasteiger partial charge is 0.458 e. The van der Waals surface area contributed by atoms with Gasteiger partial charge >= 0.3 is 5.97 Å². The van der Waals surface area contributed by atoms with Crippen LogP contribution in [0.2, 0.25) is 0 Å². The van der Waals surface area contributed by atoms with Crippen LogP contribution >= 0.6 is 0 Å². The molecule has 0 rings (SSSR count). The first-order valence-electron chi connectivity index (χ1n) is 3.22. The highest BCUT2D eigenvalue weighted by Crippen LogP contribution is 1.81. The predicted octanol–water partition coefficient (Wildman–Crippen LogP) is 1.68. The monoisotopic (exact) mass is 140 g/mol. The zero-order valence-corrected chi connectivity index (χ0v) is 6.33. The van der Waals surface area contributed by atoms with Crippen molar-refractivity contribution in [3.63, 3.8) is 0 Å². The molecule has 0 unspecified atom stereocenters. The lowest BCUT2D eigenvalue weighted by atomic mass is 10.5. The van der Waals surface area contributed by atoms with Gasteiger partial charge in [0, 0.05) is 6.08 Å². The molecular formula is C8H12O2. The van der Waals surface area contributed by atoms with Crippen LogP contribution in [0.4, 0.5) is 0 Å². The van der Waals surface area contributed by atoms with Crippen LogP contribution in [-0.4, -0.2) is 12.6 Å². The molecule has 0 bridgehead atoms. The molecule has 0 aliphatic rings. The second-order valence-corrected chi connectivity index (χ2v) is 1.70. The molecule has 0 spiro atoms. The van der Waals surface area contributed by atoms with Crippen molar-refractivity contribution in [3.8, 4) is 0 Å². The van der Waals surface area contributed by atoms with Crippen LogP contribution in [0.1, 0.15) is 13.8 Å². The van der Waals surface area contributed by atoms with Crippen molar-refractivity contribution >= 4 is 5.97 Å². The summed E-state index contributed by atoms with van der Waals surface area (Å²) < 4.78 is 4.71. The minimum atomic E-state index is -0.291. The Hall–Kier alpha value is -1.05. The van der Waals surface area contributed by atoms with Gasteiger partial charge in [-0.05, 0) is 13.8 Å². The lowest BCUT2D eigenvalue weighted by Gasteiger charge is -1.93. The number of esters is 1. The fraction of sp³-hybridized carbons (Fsp3) is 0.375. The molecule has 0 fully saturated rings. The van der Waals surface area contributed by atoms with Crippen LogP contribution in [0.25, 0.3) is 0 Å². The van der Waals surface area contributed by atoms with Gasteiger partial charge in [-0.3, -0.25) is 0 Å². The molecule has 0 heterocycles. The van der Waals surface area contributed by atoms with Gasteiger partial charge in [-0.15, -0.1) is 0 Å². The molecular weight excluding hydrogens is 128 g/mol. The summed E-state index contributed by atoms with van der Waals surface area (Å²) in [6, 6.07) is 0. The minimum absolute atomic E-state index is 0.291. The highest BCUT2D eigenvalue weighted by molar-refractivity contribution is 5.81. The third-order valence-corrected chi connectivity index (χ3v) is 0.860. The number of carbonyl (C=O) groups is 1. The van der Waals surface area contributed by atoms with Crippen molar-refractivity contribution in [1.29, 1.82) is 0 Å². The standard InChI is InChI=1S/C8H12O2/c1-3-5-7-10-8(9)6-4-2/h3-6H,7H2,1-2H3/b5-3?,6-4+. The zero-order valence-electron chi connectivity index (χ0n) is 6.33. The highest BCUT2D eigenvalue weighted by atomic mass is 16.5. The molecule has 0 aromatic heterocycles. The van der Waals surface area contributed by atoms with Gasteiger partial charge < -0.3 is 4.74 Å². The van der Waals surface area contributed by atoms with E-state index in [0.717, 1.165) is 0 Å². The van der Waals surface area contributed by atoms with E-state index in [0.29, 0.717) is 6.61 Å². The number of rotatable bonds is 3. The van der Waals surface area contributed by atoms with Crippen LogP contribution in [0, 0.1) is 0 Å². The van der Waals surface area contributed by atoms with Crippen LogP contribution in [0.15, 0.2) is 24.3 Å². The van der Waals surface area contributed by atoms with Gasteiger partial charge in [-0.1, -0.05) is 18.2 Å². The Morgan fingerprint density at radius 3 is 2.60 bits per heavy atom.